The topological polar surface area (TPSA) is 84.2 Å². The number of aromatic nitrogens is 4. The fraction of sp³-hybridized carbons (Fsp3) is 0.370. The Morgan fingerprint density at radius 3 is 2.46 bits per heavy atom. The second-order valence-corrected chi connectivity index (χ2v) is 12.3. The largest absolute Gasteiger partial charge is 0.355 e. The van der Waals surface area contributed by atoms with Crippen molar-refractivity contribution in [2.75, 3.05) is 31.1 Å². The van der Waals surface area contributed by atoms with Crippen LogP contribution in [0.15, 0.2) is 70.2 Å². The third-order valence-corrected chi connectivity index (χ3v) is 9.24. The smallest absolute Gasteiger partial charge is 0.243 e. The fourth-order valence-corrected chi connectivity index (χ4v) is 6.53. The highest BCUT2D eigenvalue weighted by Crippen LogP contribution is 2.30. The molecule has 4 aromatic rings. The maximum Gasteiger partial charge on any atom is 0.243 e. The first kappa shape index (κ1) is 25.8. The molecule has 0 amide bonds. The lowest BCUT2D eigenvalue weighted by molar-refractivity contribution is 0.433. The van der Waals surface area contributed by atoms with Gasteiger partial charge in [-0.1, -0.05) is 54.4 Å². The molecular formula is C27H31BrN6O2S. The molecule has 1 aliphatic heterocycles. The number of rotatable bonds is 7. The molecule has 0 saturated carbocycles. The SMILES string of the molecule is CCC[C@H](C)c1nc(N2CCCN(S(=O)(=O)c3ccc(Br)cc3)CC2)c2cnn(-c3ccccc3)c2n1. The van der Waals surface area contributed by atoms with Gasteiger partial charge in [-0.3, -0.25) is 0 Å². The highest BCUT2D eigenvalue weighted by atomic mass is 79.9. The summed E-state index contributed by atoms with van der Waals surface area (Å²) in [4.78, 5) is 12.5. The van der Waals surface area contributed by atoms with E-state index in [0.717, 1.165) is 45.7 Å². The Balaban J connectivity index is 1.50. The summed E-state index contributed by atoms with van der Waals surface area (Å²) in [5.41, 5.74) is 1.72. The minimum atomic E-state index is -3.57. The minimum Gasteiger partial charge on any atom is -0.355 e. The predicted molar refractivity (Wildman–Crippen MR) is 150 cm³/mol. The monoisotopic (exact) mass is 582 g/mol. The summed E-state index contributed by atoms with van der Waals surface area (Å²) in [6.07, 6.45) is 4.56. The molecule has 8 nitrogen and oxygen atoms in total. The molecule has 10 heteroatoms. The van der Waals surface area contributed by atoms with Crippen LogP contribution in [0.3, 0.4) is 0 Å². The van der Waals surface area contributed by atoms with Crippen molar-refractivity contribution >= 4 is 42.8 Å². The highest BCUT2D eigenvalue weighted by molar-refractivity contribution is 9.10. The number of hydrogen-bond donors (Lipinski definition) is 0. The Bertz CT molecular complexity index is 1470. The summed E-state index contributed by atoms with van der Waals surface area (Å²) in [5, 5.41) is 5.54. The standard InChI is InChI=1S/C27H31BrN6O2S/c1-3-8-20(2)25-30-26(24-19-29-34(27(24)31-25)22-9-5-4-6-10-22)32-15-7-16-33(18-17-32)37(35,36)23-13-11-21(28)12-14-23/h4-6,9-14,19-20H,3,7-8,15-18H2,1-2H3/t20-/m0/s1. The van der Waals surface area contributed by atoms with Crippen molar-refractivity contribution in [3.05, 3.63) is 71.1 Å². The van der Waals surface area contributed by atoms with Crippen LogP contribution in [0.5, 0.6) is 0 Å². The van der Waals surface area contributed by atoms with Crippen molar-refractivity contribution in [2.24, 2.45) is 0 Å². The Morgan fingerprint density at radius 2 is 1.73 bits per heavy atom. The molecule has 2 aromatic heterocycles. The molecule has 1 saturated heterocycles. The van der Waals surface area contributed by atoms with Gasteiger partial charge in [0.2, 0.25) is 10.0 Å². The molecule has 1 fully saturated rings. The van der Waals surface area contributed by atoms with Gasteiger partial charge in [0.15, 0.2) is 5.65 Å². The summed E-state index contributed by atoms with van der Waals surface area (Å²) in [7, 11) is -3.57. The Hall–Kier alpha value is -2.82. The van der Waals surface area contributed by atoms with Crippen molar-refractivity contribution in [1.29, 1.82) is 0 Å². The summed E-state index contributed by atoms with van der Waals surface area (Å²) >= 11 is 3.38. The molecule has 0 spiro atoms. The second-order valence-electron chi connectivity index (χ2n) is 9.42. The average Bonchev–Trinajstić information content (AvgIpc) is 3.17. The average molecular weight is 584 g/mol. The van der Waals surface area contributed by atoms with Crippen LogP contribution in [0, 0.1) is 0 Å². The van der Waals surface area contributed by atoms with Gasteiger partial charge in [0.1, 0.15) is 11.6 Å². The molecule has 0 bridgehead atoms. The molecule has 0 unspecified atom stereocenters. The lowest BCUT2D eigenvalue weighted by Gasteiger charge is -2.24. The fourth-order valence-electron chi connectivity index (χ4n) is 4.79. The van der Waals surface area contributed by atoms with Crippen LogP contribution in [-0.2, 0) is 10.0 Å². The molecule has 194 valence electrons. The maximum atomic E-state index is 13.3. The zero-order valence-corrected chi connectivity index (χ0v) is 23.5. The summed E-state index contributed by atoms with van der Waals surface area (Å²) < 4.78 is 31.0. The van der Waals surface area contributed by atoms with E-state index >= 15 is 0 Å². The van der Waals surface area contributed by atoms with Crippen LogP contribution in [0.4, 0.5) is 5.82 Å². The van der Waals surface area contributed by atoms with Gasteiger partial charge in [-0.15, -0.1) is 0 Å². The van der Waals surface area contributed by atoms with Gasteiger partial charge in [0, 0.05) is 36.6 Å². The highest BCUT2D eigenvalue weighted by Gasteiger charge is 2.29. The molecule has 1 aliphatic rings. The first-order valence-corrected chi connectivity index (χ1v) is 14.9. The molecular weight excluding hydrogens is 552 g/mol. The van der Waals surface area contributed by atoms with Gasteiger partial charge >= 0.3 is 0 Å². The first-order valence-electron chi connectivity index (χ1n) is 12.7. The zero-order chi connectivity index (χ0) is 26.0. The summed E-state index contributed by atoms with van der Waals surface area (Å²) in [6, 6.07) is 16.8. The Kier molecular flexibility index (Phi) is 7.60. The van der Waals surface area contributed by atoms with E-state index in [4.69, 9.17) is 9.97 Å². The maximum absolute atomic E-state index is 13.3. The second kappa shape index (κ2) is 10.9. The molecule has 1 atom stereocenters. The van der Waals surface area contributed by atoms with Crippen LogP contribution in [0.1, 0.15) is 44.9 Å². The van der Waals surface area contributed by atoms with Crippen LogP contribution in [-0.4, -0.2) is 58.7 Å². The van der Waals surface area contributed by atoms with E-state index in [1.807, 2.05) is 41.2 Å². The molecule has 5 rings (SSSR count). The van der Waals surface area contributed by atoms with Crippen molar-refractivity contribution in [3.8, 4) is 5.69 Å². The van der Waals surface area contributed by atoms with E-state index in [2.05, 4.69) is 39.8 Å². The lowest BCUT2D eigenvalue weighted by atomic mass is 10.1. The Morgan fingerprint density at radius 1 is 0.973 bits per heavy atom. The van der Waals surface area contributed by atoms with E-state index in [0.29, 0.717) is 37.5 Å². The van der Waals surface area contributed by atoms with Gasteiger partial charge in [-0.05, 0) is 49.2 Å². The minimum absolute atomic E-state index is 0.202. The van der Waals surface area contributed by atoms with Gasteiger partial charge in [0.25, 0.3) is 0 Å². The van der Waals surface area contributed by atoms with Crippen molar-refractivity contribution in [1.82, 2.24) is 24.1 Å². The van der Waals surface area contributed by atoms with E-state index in [1.54, 1.807) is 28.6 Å². The van der Waals surface area contributed by atoms with E-state index < -0.39 is 10.0 Å². The first-order chi connectivity index (χ1) is 17.9. The van der Waals surface area contributed by atoms with E-state index in [1.165, 1.54) is 0 Å². The van der Waals surface area contributed by atoms with E-state index in [-0.39, 0.29) is 5.92 Å². The molecule has 3 heterocycles. The number of hydrogen-bond acceptors (Lipinski definition) is 6. The third-order valence-electron chi connectivity index (χ3n) is 6.79. The van der Waals surface area contributed by atoms with Gasteiger partial charge in [-0.25, -0.2) is 23.1 Å². The summed E-state index contributed by atoms with van der Waals surface area (Å²) in [6.45, 7) is 6.42. The van der Waals surface area contributed by atoms with Gasteiger partial charge < -0.3 is 4.90 Å². The number of nitrogens with zero attached hydrogens (tertiary/aromatic N) is 6. The Labute approximate surface area is 226 Å². The number of benzene rings is 2. The molecule has 2 aromatic carbocycles. The predicted octanol–water partition coefficient (Wildman–Crippen LogP) is 5.38. The van der Waals surface area contributed by atoms with Gasteiger partial charge in [0.05, 0.1) is 22.2 Å². The van der Waals surface area contributed by atoms with Crippen LogP contribution in [0.2, 0.25) is 0 Å². The number of para-hydroxylation sites is 1. The number of sulfonamides is 1. The number of halogens is 1. The quantitative estimate of drug-likeness (QED) is 0.291. The van der Waals surface area contributed by atoms with Crippen molar-refractivity contribution in [2.45, 2.75) is 43.9 Å². The summed E-state index contributed by atoms with van der Waals surface area (Å²) in [5.74, 6) is 1.83. The molecule has 0 N–H and O–H groups in total. The normalized spacial score (nSPS) is 16.1. The van der Waals surface area contributed by atoms with Crippen molar-refractivity contribution < 1.29 is 8.42 Å². The van der Waals surface area contributed by atoms with Crippen LogP contribution < -0.4 is 4.90 Å². The van der Waals surface area contributed by atoms with Crippen LogP contribution in [0.25, 0.3) is 16.7 Å². The van der Waals surface area contributed by atoms with Crippen LogP contribution >= 0.6 is 15.9 Å². The third kappa shape index (κ3) is 5.28. The van der Waals surface area contributed by atoms with Crippen molar-refractivity contribution in [3.63, 3.8) is 0 Å². The number of fused-ring (bicyclic) bond motifs is 1. The van der Waals surface area contributed by atoms with Gasteiger partial charge in [-0.2, -0.15) is 9.40 Å². The number of anilines is 1. The molecule has 37 heavy (non-hydrogen) atoms. The molecule has 0 radical (unpaired) electrons. The van der Waals surface area contributed by atoms with E-state index in [9.17, 15) is 8.42 Å². The zero-order valence-electron chi connectivity index (χ0n) is 21.1. The lowest BCUT2D eigenvalue weighted by Crippen LogP contribution is -2.35. The molecule has 0 aliphatic carbocycles.